The zero-order chi connectivity index (χ0) is 12.4. The number of amides is 1. The molecule has 1 aliphatic rings. The van der Waals surface area contributed by atoms with E-state index in [1.807, 2.05) is 29.2 Å². The van der Waals surface area contributed by atoms with E-state index in [9.17, 15) is 4.79 Å². The first-order valence-electron chi connectivity index (χ1n) is 5.79. The van der Waals surface area contributed by atoms with Crippen LogP contribution in [0.1, 0.15) is 31.4 Å². The third kappa shape index (κ3) is 2.83. The summed E-state index contributed by atoms with van der Waals surface area (Å²) < 4.78 is 0. The first-order chi connectivity index (χ1) is 8.09. The summed E-state index contributed by atoms with van der Waals surface area (Å²) in [6, 6.07) is 7.82. The SMILES string of the molecule is CC(c1ccc(Cl)cc1)N1CCCC(Br)C1=O. The Morgan fingerprint density at radius 3 is 2.71 bits per heavy atom. The Bertz CT molecular complexity index is 406. The van der Waals surface area contributed by atoms with Crippen LogP contribution in [0.2, 0.25) is 5.02 Å². The highest BCUT2D eigenvalue weighted by Crippen LogP contribution is 2.28. The lowest BCUT2D eigenvalue weighted by atomic mass is 10.0. The van der Waals surface area contributed by atoms with Gasteiger partial charge in [-0.25, -0.2) is 0 Å². The fraction of sp³-hybridized carbons (Fsp3) is 0.462. The largest absolute Gasteiger partial charge is 0.335 e. The lowest BCUT2D eigenvalue weighted by Gasteiger charge is -2.35. The van der Waals surface area contributed by atoms with Crippen molar-refractivity contribution in [3.63, 3.8) is 0 Å². The molecule has 2 unspecified atom stereocenters. The average Bonchev–Trinajstić information content (AvgIpc) is 2.33. The number of benzene rings is 1. The van der Waals surface area contributed by atoms with Gasteiger partial charge in [0, 0.05) is 11.6 Å². The van der Waals surface area contributed by atoms with Gasteiger partial charge < -0.3 is 4.90 Å². The Balaban J connectivity index is 2.16. The van der Waals surface area contributed by atoms with Crippen LogP contribution in [0, 0.1) is 0 Å². The van der Waals surface area contributed by atoms with Crippen molar-refractivity contribution in [3.05, 3.63) is 34.9 Å². The van der Waals surface area contributed by atoms with Crippen LogP contribution in [0.5, 0.6) is 0 Å². The van der Waals surface area contributed by atoms with Crippen molar-refractivity contribution >= 4 is 33.4 Å². The summed E-state index contributed by atoms with van der Waals surface area (Å²) >= 11 is 9.30. The number of rotatable bonds is 2. The van der Waals surface area contributed by atoms with Crippen LogP contribution < -0.4 is 0 Å². The van der Waals surface area contributed by atoms with E-state index in [2.05, 4.69) is 22.9 Å². The Morgan fingerprint density at radius 1 is 1.41 bits per heavy atom. The third-order valence-corrected chi connectivity index (χ3v) is 4.33. The molecule has 1 saturated heterocycles. The number of alkyl halides is 1. The highest BCUT2D eigenvalue weighted by atomic mass is 79.9. The first-order valence-corrected chi connectivity index (χ1v) is 7.09. The first kappa shape index (κ1) is 12.9. The van der Waals surface area contributed by atoms with Gasteiger partial charge >= 0.3 is 0 Å². The summed E-state index contributed by atoms with van der Waals surface area (Å²) in [6.07, 6.45) is 1.99. The number of hydrogen-bond acceptors (Lipinski definition) is 1. The minimum atomic E-state index is -0.0222. The molecular weight excluding hydrogens is 302 g/mol. The topological polar surface area (TPSA) is 20.3 Å². The van der Waals surface area contributed by atoms with Crippen LogP contribution in [-0.4, -0.2) is 22.2 Å². The van der Waals surface area contributed by atoms with E-state index in [1.54, 1.807) is 0 Å². The van der Waals surface area contributed by atoms with Crippen LogP contribution in [0.3, 0.4) is 0 Å². The molecule has 1 aromatic carbocycles. The van der Waals surface area contributed by atoms with Crippen LogP contribution in [0.15, 0.2) is 24.3 Å². The molecule has 2 nitrogen and oxygen atoms in total. The molecule has 4 heteroatoms. The average molecular weight is 317 g/mol. The molecule has 1 aromatic rings. The lowest BCUT2D eigenvalue weighted by Crippen LogP contribution is -2.43. The molecule has 1 aliphatic heterocycles. The molecule has 0 bridgehead atoms. The van der Waals surface area contributed by atoms with Crippen molar-refractivity contribution in [3.8, 4) is 0 Å². The van der Waals surface area contributed by atoms with Gasteiger partial charge in [0.1, 0.15) is 0 Å². The summed E-state index contributed by atoms with van der Waals surface area (Å²) in [5.41, 5.74) is 1.13. The Labute approximate surface area is 115 Å². The van der Waals surface area contributed by atoms with Gasteiger partial charge in [-0.2, -0.15) is 0 Å². The maximum absolute atomic E-state index is 12.1. The minimum Gasteiger partial charge on any atom is -0.335 e. The van der Waals surface area contributed by atoms with E-state index in [0.29, 0.717) is 0 Å². The van der Waals surface area contributed by atoms with Gasteiger partial charge in [0.05, 0.1) is 10.9 Å². The fourth-order valence-corrected chi connectivity index (χ4v) is 2.87. The second-order valence-corrected chi connectivity index (χ2v) is 5.91. The van der Waals surface area contributed by atoms with Crippen LogP contribution >= 0.6 is 27.5 Å². The molecule has 2 rings (SSSR count). The fourth-order valence-electron chi connectivity index (χ4n) is 2.16. The summed E-state index contributed by atoms with van der Waals surface area (Å²) in [4.78, 5) is 14.0. The molecule has 1 fully saturated rings. The quantitative estimate of drug-likeness (QED) is 0.760. The van der Waals surface area contributed by atoms with E-state index in [4.69, 9.17) is 11.6 Å². The van der Waals surface area contributed by atoms with Crippen molar-refractivity contribution < 1.29 is 4.79 Å². The van der Waals surface area contributed by atoms with Crippen LogP contribution in [0.4, 0.5) is 0 Å². The minimum absolute atomic E-state index is 0.0222. The highest BCUT2D eigenvalue weighted by Gasteiger charge is 2.30. The van der Waals surface area contributed by atoms with Gasteiger partial charge in [-0.15, -0.1) is 0 Å². The number of hydrogen-bond donors (Lipinski definition) is 0. The maximum atomic E-state index is 12.1. The summed E-state index contributed by atoms with van der Waals surface area (Å²) in [7, 11) is 0. The van der Waals surface area contributed by atoms with Gasteiger partial charge in [0.25, 0.3) is 0 Å². The second kappa shape index (κ2) is 5.40. The molecule has 92 valence electrons. The van der Waals surface area contributed by atoms with E-state index >= 15 is 0 Å². The molecule has 1 amide bonds. The van der Waals surface area contributed by atoms with Gasteiger partial charge in [-0.1, -0.05) is 39.7 Å². The number of carbonyl (C=O) groups is 1. The Morgan fingerprint density at radius 2 is 2.06 bits per heavy atom. The van der Waals surface area contributed by atoms with E-state index in [0.717, 1.165) is 30.0 Å². The summed E-state index contributed by atoms with van der Waals surface area (Å²) in [5, 5.41) is 0.726. The Hall–Kier alpha value is -0.540. The molecule has 0 radical (unpaired) electrons. The monoisotopic (exact) mass is 315 g/mol. The van der Waals surface area contributed by atoms with Crippen LogP contribution in [0.25, 0.3) is 0 Å². The van der Waals surface area contributed by atoms with Gasteiger partial charge in [-0.3, -0.25) is 4.79 Å². The number of likely N-dealkylation sites (tertiary alicyclic amines) is 1. The maximum Gasteiger partial charge on any atom is 0.236 e. The molecule has 0 N–H and O–H groups in total. The number of piperidine rings is 1. The third-order valence-electron chi connectivity index (χ3n) is 3.23. The second-order valence-electron chi connectivity index (χ2n) is 4.37. The molecule has 17 heavy (non-hydrogen) atoms. The zero-order valence-electron chi connectivity index (χ0n) is 9.70. The zero-order valence-corrected chi connectivity index (χ0v) is 12.0. The standard InChI is InChI=1S/C13H15BrClNO/c1-9(10-4-6-11(15)7-5-10)16-8-2-3-12(14)13(16)17/h4-7,9,12H,2-3,8H2,1H3. The predicted octanol–water partition coefficient (Wildman–Crippen LogP) is 3.79. The molecule has 0 aliphatic carbocycles. The van der Waals surface area contributed by atoms with E-state index in [-0.39, 0.29) is 16.8 Å². The van der Waals surface area contributed by atoms with E-state index in [1.165, 1.54) is 0 Å². The molecule has 1 heterocycles. The molecule has 0 spiro atoms. The summed E-state index contributed by atoms with van der Waals surface area (Å²) in [5.74, 6) is 0.193. The van der Waals surface area contributed by atoms with E-state index < -0.39 is 0 Å². The normalized spacial score (nSPS) is 22.6. The summed E-state index contributed by atoms with van der Waals surface area (Å²) in [6.45, 7) is 2.90. The molecule has 0 saturated carbocycles. The van der Waals surface area contributed by atoms with Crippen LogP contribution in [-0.2, 0) is 4.79 Å². The highest BCUT2D eigenvalue weighted by molar-refractivity contribution is 9.10. The number of halogens is 2. The predicted molar refractivity (Wildman–Crippen MR) is 73.5 cm³/mol. The van der Waals surface area contributed by atoms with Crippen molar-refractivity contribution in [1.82, 2.24) is 4.90 Å². The smallest absolute Gasteiger partial charge is 0.236 e. The van der Waals surface area contributed by atoms with Gasteiger partial charge in [0.15, 0.2) is 0 Å². The molecule has 2 atom stereocenters. The van der Waals surface area contributed by atoms with Crippen molar-refractivity contribution in [2.75, 3.05) is 6.54 Å². The molecule has 0 aromatic heterocycles. The molecular formula is C13H15BrClNO. The number of nitrogens with zero attached hydrogens (tertiary/aromatic N) is 1. The number of carbonyl (C=O) groups excluding carboxylic acids is 1. The lowest BCUT2D eigenvalue weighted by molar-refractivity contribution is -0.134. The van der Waals surface area contributed by atoms with Gasteiger partial charge in [-0.05, 0) is 37.5 Å². The van der Waals surface area contributed by atoms with Crippen molar-refractivity contribution in [2.45, 2.75) is 30.6 Å². The van der Waals surface area contributed by atoms with Crippen molar-refractivity contribution in [2.24, 2.45) is 0 Å². The van der Waals surface area contributed by atoms with Crippen molar-refractivity contribution in [1.29, 1.82) is 0 Å². The Kier molecular flexibility index (Phi) is 4.10. The van der Waals surface area contributed by atoms with Gasteiger partial charge in [0.2, 0.25) is 5.91 Å².